The maximum atomic E-state index is 12.4. The number of nitrogen functional groups attached to an aromatic ring is 1. The lowest BCUT2D eigenvalue weighted by molar-refractivity contribution is 0.102. The lowest BCUT2D eigenvalue weighted by atomic mass is 10.2. The van der Waals surface area contributed by atoms with Gasteiger partial charge in [0.1, 0.15) is 5.75 Å². The van der Waals surface area contributed by atoms with E-state index in [1.54, 1.807) is 30.3 Å². The summed E-state index contributed by atoms with van der Waals surface area (Å²) < 4.78 is 6.53. The average molecular weight is 358 g/mol. The molecule has 8 heteroatoms. The fourth-order valence-electron chi connectivity index (χ4n) is 2.25. The number of nitrogens with zero attached hydrogens (tertiary/aromatic N) is 3. The Bertz CT molecular complexity index is 921. The quantitative estimate of drug-likeness (QED) is 0.748. The molecule has 0 saturated carbocycles. The van der Waals surface area contributed by atoms with Gasteiger partial charge in [0.15, 0.2) is 11.5 Å². The summed E-state index contributed by atoms with van der Waals surface area (Å²) in [5.74, 6) is 0.155. The van der Waals surface area contributed by atoms with Crippen molar-refractivity contribution in [3.05, 3.63) is 58.7 Å². The molecule has 0 aliphatic carbocycles. The maximum Gasteiger partial charge on any atom is 0.280 e. The van der Waals surface area contributed by atoms with E-state index in [1.807, 2.05) is 19.1 Å². The number of carbonyl (C=O) groups excluding carboxylic acids is 1. The smallest absolute Gasteiger partial charge is 0.280 e. The molecule has 0 unspecified atom stereocenters. The van der Waals surface area contributed by atoms with Gasteiger partial charge in [0.25, 0.3) is 5.91 Å². The van der Waals surface area contributed by atoms with Crippen molar-refractivity contribution in [3.63, 3.8) is 0 Å². The summed E-state index contributed by atoms with van der Waals surface area (Å²) in [6.07, 6.45) is 0. The zero-order chi connectivity index (χ0) is 18.0. The zero-order valence-corrected chi connectivity index (χ0v) is 14.4. The van der Waals surface area contributed by atoms with Crippen LogP contribution in [-0.4, -0.2) is 28.0 Å². The van der Waals surface area contributed by atoms with E-state index in [0.29, 0.717) is 22.1 Å². The Morgan fingerprint density at radius 1 is 1.24 bits per heavy atom. The molecule has 25 heavy (non-hydrogen) atoms. The van der Waals surface area contributed by atoms with Gasteiger partial charge in [-0.1, -0.05) is 34.5 Å². The summed E-state index contributed by atoms with van der Waals surface area (Å²) in [6.45, 7) is 1.97. The molecule has 1 amide bonds. The highest BCUT2D eigenvalue weighted by molar-refractivity contribution is 6.32. The molecule has 0 atom stereocenters. The molecule has 7 nitrogen and oxygen atoms in total. The fourth-order valence-corrected chi connectivity index (χ4v) is 2.44. The molecular weight excluding hydrogens is 342 g/mol. The molecule has 0 aliphatic heterocycles. The van der Waals surface area contributed by atoms with Crippen molar-refractivity contribution in [3.8, 4) is 11.4 Å². The minimum Gasteiger partial charge on any atom is -0.495 e. The van der Waals surface area contributed by atoms with E-state index in [9.17, 15) is 4.79 Å². The Morgan fingerprint density at radius 3 is 2.64 bits per heavy atom. The number of hydrogen-bond donors (Lipinski definition) is 2. The number of benzene rings is 2. The summed E-state index contributed by atoms with van der Waals surface area (Å²) in [5, 5.41) is 11.0. The first-order valence-corrected chi connectivity index (χ1v) is 7.80. The van der Waals surface area contributed by atoms with Crippen molar-refractivity contribution in [1.29, 1.82) is 0 Å². The molecule has 3 N–H and O–H groups in total. The first-order chi connectivity index (χ1) is 12.0. The van der Waals surface area contributed by atoms with E-state index in [2.05, 4.69) is 15.6 Å². The molecule has 0 radical (unpaired) electrons. The van der Waals surface area contributed by atoms with Crippen LogP contribution in [0.25, 0.3) is 5.69 Å². The normalized spacial score (nSPS) is 10.5. The monoisotopic (exact) mass is 357 g/mol. The molecule has 3 aromatic rings. The Hall–Kier alpha value is -3.06. The Balaban J connectivity index is 1.88. The van der Waals surface area contributed by atoms with Crippen LogP contribution in [0.5, 0.6) is 5.75 Å². The number of ether oxygens (including phenoxy) is 1. The molecule has 1 aromatic heterocycles. The van der Waals surface area contributed by atoms with Gasteiger partial charge in [-0.2, -0.15) is 4.68 Å². The topological polar surface area (TPSA) is 95.1 Å². The van der Waals surface area contributed by atoms with Gasteiger partial charge in [-0.3, -0.25) is 4.79 Å². The number of hydrogen-bond acceptors (Lipinski definition) is 5. The van der Waals surface area contributed by atoms with Crippen LogP contribution in [0.1, 0.15) is 16.1 Å². The molecule has 0 spiro atoms. The third-order valence-corrected chi connectivity index (χ3v) is 3.92. The largest absolute Gasteiger partial charge is 0.495 e. The summed E-state index contributed by atoms with van der Waals surface area (Å²) in [7, 11) is 1.51. The van der Waals surface area contributed by atoms with Gasteiger partial charge in [-0.15, -0.1) is 5.10 Å². The molecule has 0 bridgehead atoms. The maximum absolute atomic E-state index is 12.4. The Kier molecular flexibility index (Phi) is 4.58. The zero-order valence-electron chi connectivity index (χ0n) is 13.7. The highest BCUT2D eigenvalue weighted by Gasteiger charge is 2.19. The Morgan fingerprint density at radius 2 is 1.96 bits per heavy atom. The fraction of sp³-hybridized carbons (Fsp3) is 0.118. The molecule has 3 rings (SSSR count). The summed E-state index contributed by atoms with van der Waals surface area (Å²) in [5.41, 5.74) is 8.42. The summed E-state index contributed by atoms with van der Waals surface area (Å²) in [4.78, 5) is 12.4. The lowest BCUT2D eigenvalue weighted by Gasteiger charge is -2.08. The predicted molar refractivity (Wildman–Crippen MR) is 96.5 cm³/mol. The molecule has 0 saturated heterocycles. The standard InChI is InChI=1S/C17H16ClN5O2/c1-10-3-5-11(6-4-10)20-17(24)15-16(19)23(22-21-15)12-7-8-13(18)14(9-12)25-2/h3-9H,19H2,1-2H3,(H,20,24). The highest BCUT2D eigenvalue weighted by atomic mass is 35.5. The van der Waals surface area contributed by atoms with Crippen LogP contribution in [0.15, 0.2) is 42.5 Å². The molecule has 128 valence electrons. The predicted octanol–water partition coefficient (Wildman–Crippen LogP) is 3.07. The number of methoxy groups -OCH3 is 1. The Labute approximate surface area is 149 Å². The van der Waals surface area contributed by atoms with Crippen LogP contribution in [-0.2, 0) is 0 Å². The van der Waals surface area contributed by atoms with E-state index in [0.717, 1.165) is 5.56 Å². The molecule has 0 fully saturated rings. The number of amides is 1. The van der Waals surface area contributed by atoms with Crippen LogP contribution < -0.4 is 15.8 Å². The third kappa shape index (κ3) is 3.41. The van der Waals surface area contributed by atoms with Gasteiger partial charge >= 0.3 is 0 Å². The second kappa shape index (κ2) is 6.82. The van der Waals surface area contributed by atoms with Crippen molar-refractivity contribution in [2.24, 2.45) is 0 Å². The second-order valence-electron chi connectivity index (χ2n) is 5.37. The number of halogens is 1. The number of rotatable bonds is 4. The number of aromatic nitrogens is 3. The molecule has 1 heterocycles. The van der Waals surface area contributed by atoms with E-state index in [-0.39, 0.29) is 11.5 Å². The first kappa shape index (κ1) is 16.8. The van der Waals surface area contributed by atoms with Crippen molar-refractivity contribution in [1.82, 2.24) is 15.0 Å². The number of carbonyl (C=O) groups is 1. The summed E-state index contributed by atoms with van der Waals surface area (Å²) >= 11 is 6.01. The van der Waals surface area contributed by atoms with Gasteiger partial charge in [-0.05, 0) is 31.2 Å². The number of nitrogens with two attached hydrogens (primary N) is 1. The van der Waals surface area contributed by atoms with E-state index in [4.69, 9.17) is 22.1 Å². The van der Waals surface area contributed by atoms with E-state index in [1.165, 1.54) is 11.8 Å². The van der Waals surface area contributed by atoms with E-state index >= 15 is 0 Å². The van der Waals surface area contributed by atoms with Crippen LogP contribution >= 0.6 is 11.6 Å². The summed E-state index contributed by atoms with van der Waals surface area (Å²) in [6, 6.07) is 12.4. The SMILES string of the molecule is COc1cc(-n2nnc(C(=O)Nc3ccc(C)cc3)c2N)ccc1Cl. The van der Waals surface area contributed by atoms with Gasteiger partial charge in [0, 0.05) is 11.8 Å². The van der Waals surface area contributed by atoms with Crippen LogP contribution in [0, 0.1) is 6.92 Å². The van der Waals surface area contributed by atoms with Crippen molar-refractivity contribution >= 4 is 29.0 Å². The van der Waals surface area contributed by atoms with Gasteiger partial charge in [0.05, 0.1) is 17.8 Å². The van der Waals surface area contributed by atoms with Crippen LogP contribution in [0.4, 0.5) is 11.5 Å². The molecule has 2 aromatic carbocycles. The number of anilines is 2. The molecular formula is C17H16ClN5O2. The first-order valence-electron chi connectivity index (χ1n) is 7.42. The van der Waals surface area contributed by atoms with Gasteiger partial charge in [-0.25, -0.2) is 0 Å². The van der Waals surface area contributed by atoms with Crippen LogP contribution in [0.3, 0.4) is 0 Å². The van der Waals surface area contributed by atoms with Gasteiger partial charge < -0.3 is 15.8 Å². The van der Waals surface area contributed by atoms with Crippen molar-refractivity contribution < 1.29 is 9.53 Å². The third-order valence-electron chi connectivity index (χ3n) is 3.61. The minimum atomic E-state index is -0.437. The van der Waals surface area contributed by atoms with E-state index < -0.39 is 5.91 Å². The lowest BCUT2D eigenvalue weighted by Crippen LogP contribution is -2.15. The number of nitrogens with one attached hydrogen (secondary N) is 1. The number of aryl methyl sites for hydroxylation is 1. The van der Waals surface area contributed by atoms with Crippen LogP contribution in [0.2, 0.25) is 5.02 Å². The van der Waals surface area contributed by atoms with Gasteiger partial charge in [0.2, 0.25) is 0 Å². The van der Waals surface area contributed by atoms with Crippen molar-refractivity contribution in [2.75, 3.05) is 18.2 Å². The minimum absolute atomic E-state index is 0.0366. The second-order valence-corrected chi connectivity index (χ2v) is 5.78. The molecule has 0 aliphatic rings. The van der Waals surface area contributed by atoms with Crippen molar-refractivity contribution in [2.45, 2.75) is 6.92 Å². The average Bonchev–Trinajstić information content (AvgIpc) is 2.99. The highest BCUT2D eigenvalue weighted by Crippen LogP contribution is 2.27.